The van der Waals surface area contributed by atoms with E-state index in [1.165, 1.54) is 6.07 Å². The molecule has 0 saturated heterocycles. The number of benzene rings is 1. The van der Waals surface area contributed by atoms with Gasteiger partial charge in [-0.1, -0.05) is 5.92 Å². The molecule has 5 heteroatoms. The van der Waals surface area contributed by atoms with Gasteiger partial charge in [-0.3, -0.25) is 0 Å². The molecule has 0 radical (unpaired) electrons. The van der Waals surface area contributed by atoms with Crippen molar-refractivity contribution in [2.75, 3.05) is 19.0 Å². The minimum absolute atomic E-state index is 0.0436. The third-order valence-electron chi connectivity index (χ3n) is 2.03. The number of anilines is 1. The van der Waals surface area contributed by atoms with E-state index in [1.807, 2.05) is 0 Å². The van der Waals surface area contributed by atoms with Gasteiger partial charge in [0.05, 0.1) is 24.9 Å². The molecule has 0 aliphatic rings. The third-order valence-corrected chi connectivity index (χ3v) is 2.03. The Balaban J connectivity index is 3.00. The average Bonchev–Trinajstić information content (AvgIpc) is 2.34. The second-order valence-corrected chi connectivity index (χ2v) is 3.06. The second-order valence-electron chi connectivity index (χ2n) is 3.06. The standard InChI is InChI=1S/C12H11F2NO2/c1-3-4-7-15-9-6-5-8(12(16)17-2)10(13)11(9)14/h5-6,15H,7H2,1-2H3. The summed E-state index contributed by atoms with van der Waals surface area (Å²) in [5.74, 6) is 1.99. The van der Waals surface area contributed by atoms with Crippen molar-refractivity contribution < 1.29 is 18.3 Å². The lowest BCUT2D eigenvalue weighted by Gasteiger charge is -2.07. The summed E-state index contributed by atoms with van der Waals surface area (Å²) in [6.07, 6.45) is 0. The Kier molecular flexibility index (Phi) is 4.46. The monoisotopic (exact) mass is 239 g/mol. The molecule has 3 nitrogen and oxygen atoms in total. The topological polar surface area (TPSA) is 38.3 Å². The molecule has 90 valence electrons. The van der Waals surface area contributed by atoms with Crippen LogP contribution in [-0.4, -0.2) is 19.6 Å². The Morgan fingerprint density at radius 3 is 2.71 bits per heavy atom. The minimum atomic E-state index is -1.23. The van der Waals surface area contributed by atoms with E-state index in [-0.39, 0.29) is 12.2 Å². The van der Waals surface area contributed by atoms with Gasteiger partial charge in [0.15, 0.2) is 11.6 Å². The number of ether oxygens (including phenoxy) is 1. The van der Waals surface area contributed by atoms with Crippen LogP contribution in [0.25, 0.3) is 0 Å². The van der Waals surface area contributed by atoms with E-state index in [1.54, 1.807) is 6.92 Å². The maximum absolute atomic E-state index is 13.5. The van der Waals surface area contributed by atoms with Crippen LogP contribution in [0.2, 0.25) is 0 Å². The van der Waals surface area contributed by atoms with Crippen LogP contribution >= 0.6 is 0 Å². The Bertz CT molecular complexity index is 489. The zero-order valence-corrected chi connectivity index (χ0v) is 9.43. The Labute approximate surface area is 97.8 Å². The maximum Gasteiger partial charge on any atom is 0.340 e. The maximum atomic E-state index is 13.5. The molecular weight excluding hydrogens is 228 g/mol. The lowest BCUT2D eigenvalue weighted by molar-refractivity contribution is 0.0594. The van der Waals surface area contributed by atoms with E-state index in [4.69, 9.17) is 0 Å². The van der Waals surface area contributed by atoms with Gasteiger partial charge in [-0.15, -0.1) is 5.92 Å². The molecule has 1 aromatic carbocycles. The molecule has 0 aliphatic heterocycles. The Morgan fingerprint density at radius 1 is 1.41 bits per heavy atom. The predicted octanol–water partition coefficient (Wildman–Crippen LogP) is 2.19. The van der Waals surface area contributed by atoms with Crippen LogP contribution in [-0.2, 0) is 4.74 Å². The molecule has 0 aromatic heterocycles. The zero-order chi connectivity index (χ0) is 12.8. The predicted molar refractivity (Wildman–Crippen MR) is 59.6 cm³/mol. The number of halogens is 2. The van der Waals surface area contributed by atoms with Gasteiger partial charge in [-0.2, -0.15) is 0 Å². The van der Waals surface area contributed by atoms with Crippen LogP contribution in [0, 0.1) is 23.5 Å². The highest BCUT2D eigenvalue weighted by Crippen LogP contribution is 2.20. The fraction of sp³-hybridized carbons (Fsp3) is 0.250. The number of hydrogen-bond acceptors (Lipinski definition) is 3. The molecule has 17 heavy (non-hydrogen) atoms. The number of nitrogens with one attached hydrogen (secondary N) is 1. The van der Waals surface area contributed by atoms with Gasteiger partial charge in [0.1, 0.15) is 0 Å². The van der Waals surface area contributed by atoms with Crippen LogP contribution in [0.5, 0.6) is 0 Å². The van der Waals surface area contributed by atoms with E-state index < -0.39 is 23.2 Å². The largest absolute Gasteiger partial charge is 0.465 e. The number of rotatable bonds is 3. The van der Waals surface area contributed by atoms with Gasteiger partial charge in [-0.05, 0) is 19.1 Å². The summed E-state index contributed by atoms with van der Waals surface area (Å²) in [6.45, 7) is 1.84. The molecule has 0 bridgehead atoms. The number of esters is 1. The van der Waals surface area contributed by atoms with Crippen molar-refractivity contribution in [3.05, 3.63) is 29.3 Å². The first-order valence-electron chi connectivity index (χ1n) is 4.81. The van der Waals surface area contributed by atoms with Crippen LogP contribution in [0.3, 0.4) is 0 Å². The number of carbonyl (C=O) groups is 1. The molecule has 0 saturated carbocycles. The summed E-state index contributed by atoms with van der Waals surface area (Å²) >= 11 is 0. The fourth-order valence-corrected chi connectivity index (χ4v) is 1.18. The molecule has 1 N–H and O–H groups in total. The van der Waals surface area contributed by atoms with Crippen molar-refractivity contribution in [1.29, 1.82) is 0 Å². The van der Waals surface area contributed by atoms with Gasteiger partial charge in [-0.25, -0.2) is 13.6 Å². The lowest BCUT2D eigenvalue weighted by Crippen LogP contribution is -2.09. The van der Waals surface area contributed by atoms with Gasteiger partial charge in [0.25, 0.3) is 0 Å². The van der Waals surface area contributed by atoms with Crippen LogP contribution in [0.1, 0.15) is 17.3 Å². The fourth-order valence-electron chi connectivity index (χ4n) is 1.18. The number of carbonyl (C=O) groups excluding carboxylic acids is 1. The van der Waals surface area contributed by atoms with E-state index in [0.29, 0.717) is 0 Å². The Morgan fingerprint density at radius 2 is 2.12 bits per heavy atom. The molecule has 0 amide bonds. The molecule has 0 atom stereocenters. The van der Waals surface area contributed by atoms with Crippen molar-refractivity contribution in [3.8, 4) is 11.8 Å². The minimum Gasteiger partial charge on any atom is -0.465 e. The lowest BCUT2D eigenvalue weighted by atomic mass is 10.2. The highest BCUT2D eigenvalue weighted by molar-refractivity contribution is 5.90. The van der Waals surface area contributed by atoms with Crippen molar-refractivity contribution in [2.45, 2.75) is 6.92 Å². The SMILES string of the molecule is CC#CCNc1ccc(C(=O)OC)c(F)c1F. The summed E-state index contributed by atoms with van der Waals surface area (Å²) in [7, 11) is 1.10. The first-order chi connectivity index (χ1) is 8.11. The van der Waals surface area contributed by atoms with Crippen LogP contribution < -0.4 is 5.32 Å². The normalized spacial score (nSPS) is 9.18. The summed E-state index contributed by atoms with van der Waals surface area (Å²) in [6, 6.07) is 2.42. The summed E-state index contributed by atoms with van der Waals surface area (Å²) in [5.41, 5.74) is -0.477. The smallest absolute Gasteiger partial charge is 0.340 e. The summed E-state index contributed by atoms with van der Waals surface area (Å²) < 4.78 is 31.3. The van der Waals surface area contributed by atoms with Crippen molar-refractivity contribution in [1.82, 2.24) is 0 Å². The highest BCUT2D eigenvalue weighted by atomic mass is 19.2. The van der Waals surface area contributed by atoms with Crippen LogP contribution in [0.4, 0.5) is 14.5 Å². The van der Waals surface area contributed by atoms with Gasteiger partial charge in [0.2, 0.25) is 0 Å². The zero-order valence-electron chi connectivity index (χ0n) is 9.43. The molecule has 1 aromatic rings. The average molecular weight is 239 g/mol. The summed E-state index contributed by atoms with van der Waals surface area (Å²) in [4.78, 5) is 11.1. The first-order valence-corrected chi connectivity index (χ1v) is 4.81. The summed E-state index contributed by atoms with van der Waals surface area (Å²) in [5, 5.41) is 2.60. The van der Waals surface area contributed by atoms with Gasteiger partial charge in [0, 0.05) is 0 Å². The van der Waals surface area contributed by atoms with E-state index in [0.717, 1.165) is 13.2 Å². The van der Waals surface area contributed by atoms with Crippen molar-refractivity contribution >= 4 is 11.7 Å². The van der Waals surface area contributed by atoms with E-state index in [9.17, 15) is 13.6 Å². The molecule has 0 spiro atoms. The molecular formula is C12H11F2NO2. The Hall–Kier alpha value is -2.09. The molecule has 0 heterocycles. The first kappa shape index (κ1) is 13.0. The quantitative estimate of drug-likeness (QED) is 0.649. The molecule has 0 unspecified atom stereocenters. The van der Waals surface area contributed by atoms with E-state index in [2.05, 4.69) is 21.9 Å². The molecule has 1 rings (SSSR count). The van der Waals surface area contributed by atoms with Gasteiger partial charge >= 0.3 is 5.97 Å². The van der Waals surface area contributed by atoms with Gasteiger partial charge < -0.3 is 10.1 Å². The number of methoxy groups -OCH3 is 1. The number of hydrogen-bond donors (Lipinski definition) is 1. The van der Waals surface area contributed by atoms with Crippen molar-refractivity contribution in [2.24, 2.45) is 0 Å². The van der Waals surface area contributed by atoms with E-state index >= 15 is 0 Å². The molecule has 0 fully saturated rings. The van der Waals surface area contributed by atoms with Crippen molar-refractivity contribution in [3.63, 3.8) is 0 Å². The highest BCUT2D eigenvalue weighted by Gasteiger charge is 2.18. The van der Waals surface area contributed by atoms with Crippen LogP contribution in [0.15, 0.2) is 12.1 Å². The molecule has 0 aliphatic carbocycles. The third kappa shape index (κ3) is 2.94. The second kappa shape index (κ2) is 5.85.